The molecule has 0 unspecified atom stereocenters. The Morgan fingerprint density at radius 3 is 2.48 bits per heavy atom. The number of allylic oxidation sites excluding steroid dienone is 1. The van der Waals surface area contributed by atoms with Gasteiger partial charge in [-0.05, 0) is 51.8 Å². The summed E-state index contributed by atoms with van der Waals surface area (Å²) in [4.78, 5) is 12.2. The van der Waals surface area contributed by atoms with Crippen molar-refractivity contribution in [3.8, 4) is 11.1 Å². The van der Waals surface area contributed by atoms with Gasteiger partial charge in [-0.2, -0.15) is 0 Å². The maximum absolute atomic E-state index is 12.2. The monoisotopic (exact) mass is 407 g/mol. The number of carbonyl (C=O) groups is 1. The first-order chi connectivity index (χ1) is 15.3. The van der Waals surface area contributed by atoms with E-state index >= 15 is 0 Å². The second-order valence-corrected chi connectivity index (χ2v) is 7.96. The molecule has 154 valence electrons. The minimum atomic E-state index is -0.361. The van der Waals surface area contributed by atoms with Crippen LogP contribution < -0.4 is 5.32 Å². The molecule has 1 amide bonds. The minimum Gasteiger partial charge on any atom is -0.449 e. The van der Waals surface area contributed by atoms with Crippen molar-refractivity contribution in [2.45, 2.75) is 18.8 Å². The zero-order valence-corrected chi connectivity index (χ0v) is 17.4. The highest BCUT2D eigenvalue weighted by atomic mass is 16.5. The molecule has 0 aromatic heterocycles. The van der Waals surface area contributed by atoms with Crippen LogP contribution in [0.5, 0.6) is 0 Å². The number of alkyl carbamates (subject to hydrolysis) is 1. The van der Waals surface area contributed by atoms with Gasteiger partial charge < -0.3 is 10.1 Å². The van der Waals surface area contributed by atoms with E-state index in [4.69, 9.17) is 4.74 Å². The number of rotatable bonds is 6. The summed E-state index contributed by atoms with van der Waals surface area (Å²) >= 11 is 0. The lowest BCUT2D eigenvalue weighted by Gasteiger charge is -2.14. The van der Waals surface area contributed by atoms with E-state index in [9.17, 15) is 4.79 Å². The number of ether oxygens (including phenoxy) is 1. The summed E-state index contributed by atoms with van der Waals surface area (Å²) in [6.45, 7) is 0.902. The summed E-state index contributed by atoms with van der Waals surface area (Å²) in [6, 6.07) is 23.1. The van der Waals surface area contributed by atoms with Crippen molar-refractivity contribution >= 4 is 18.2 Å². The van der Waals surface area contributed by atoms with E-state index in [0.29, 0.717) is 13.2 Å². The van der Waals surface area contributed by atoms with Crippen molar-refractivity contribution in [3.63, 3.8) is 0 Å². The first-order valence-corrected chi connectivity index (χ1v) is 10.8. The van der Waals surface area contributed by atoms with Crippen molar-refractivity contribution in [2.24, 2.45) is 0 Å². The number of fused-ring (bicyclic) bond motifs is 4. The molecule has 0 atom stereocenters. The van der Waals surface area contributed by atoms with Crippen molar-refractivity contribution in [3.05, 3.63) is 107 Å². The van der Waals surface area contributed by atoms with Gasteiger partial charge in [0, 0.05) is 12.5 Å². The Balaban J connectivity index is 1.13. The van der Waals surface area contributed by atoms with E-state index in [1.807, 2.05) is 12.1 Å². The predicted molar refractivity (Wildman–Crippen MR) is 126 cm³/mol. The smallest absolute Gasteiger partial charge is 0.407 e. The van der Waals surface area contributed by atoms with E-state index < -0.39 is 0 Å². The number of amides is 1. The lowest BCUT2D eigenvalue weighted by atomic mass is 9.98. The molecule has 0 saturated heterocycles. The summed E-state index contributed by atoms with van der Waals surface area (Å²) in [7, 11) is 0. The number of benzene rings is 3. The molecular weight excluding hydrogens is 382 g/mol. The summed E-state index contributed by atoms with van der Waals surface area (Å²) in [5.74, 6) is 0.0897. The minimum absolute atomic E-state index is 0.0897. The molecule has 3 aromatic rings. The van der Waals surface area contributed by atoms with Crippen molar-refractivity contribution < 1.29 is 9.53 Å². The maximum atomic E-state index is 12.2. The highest BCUT2D eigenvalue weighted by Gasteiger charge is 2.28. The second-order valence-electron chi connectivity index (χ2n) is 7.96. The lowest BCUT2D eigenvalue weighted by molar-refractivity contribution is 0.143. The van der Waals surface area contributed by atoms with E-state index in [1.165, 1.54) is 38.9 Å². The highest BCUT2D eigenvalue weighted by Crippen LogP contribution is 2.44. The Morgan fingerprint density at radius 2 is 1.71 bits per heavy atom. The third kappa shape index (κ3) is 3.91. The van der Waals surface area contributed by atoms with Crippen molar-refractivity contribution in [1.82, 2.24) is 5.32 Å². The van der Waals surface area contributed by atoms with Gasteiger partial charge in [-0.3, -0.25) is 0 Å². The summed E-state index contributed by atoms with van der Waals surface area (Å²) in [5, 5.41) is 2.87. The van der Waals surface area contributed by atoms with Gasteiger partial charge in [-0.1, -0.05) is 91.0 Å². The number of carbonyl (C=O) groups excluding carboxylic acids is 1. The molecule has 3 aromatic carbocycles. The first kappa shape index (κ1) is 19.4. The third-order valence-electron chi connectivity index (χ3n) is 6.09. The molecule has 31 heavy (non-hydrogen) atoms. The van der Waals surface area contributed by atoms with Gasteiger partial charge in [0.05, 0.1) is 0 Å². The van der Waals surface area contributed by atoms with E-state index in [-0.39, 0.29) is 12.0 Å². The van der Waals surface area contributed by atoms with Gasteiger partial charge in [-0.25, -0.2) is 4.79 Å². The second kappa shape index (κ2) is 8.65. The summed E-state index contributed by atoms with van der Waals surface area (Å²) < 4.78 is 5.58. The SMILES string of the molecule is O=C(NCCC=Cc1cccc2c1CC=C2)OCC1c2ccccc2-c2ccccc21. The van der Waals surface area contributed by atoms with Gasteiger partial charge in [0.15, 0.2) is 0 Å². The fourth-order valence-electron chi connectivity index (χ4n) is 4.59. The van der Waals surface area contributed by atoms with Crippen LogP contribution >= 0.6 is 0 Å². The van der Waals surface area contributed by atoms with Gasteiger partial charge in [0.2, 0.25) is 0 Å². The van der Waals surface area contributed by atoms with E-state index in [0.717, 1.165) is 12.8 Å². The average molecular weight is 408 g/mol. The molecule has 0 heterocycles. The van der Waals surface area contributed by atoms with Crippen molar-refractivity contribution in [2.75, 3.05) is 13.2 Å². The maximum Gasteiger partial charge on any atom is 0.407 e. The van der Waals surface area contributed by atoms with Gasteiger partial charge in [0.25, 0.3) is 0 Å². The molecule has 0 bridgehead atoms. The predicted octanol–water partition coefficient (Wildman–Crippen LogP) is 6.20. The molecule has 1 N–H and O–H groups in total. The van der Waals surface area contributed by atoms with Crippen LogP contribution in [0.15, 0.2) is 78.9 Å². The molecule has 3 heteroatoms. The van der Waals surface area contributed by atoms with Crippen LogP contribution in [0.25, 0.3) is 23.3 Å². The summed E-state index contributed by atoms with van der Waals surface area (Å²) in [6.07, 6.45) is 10.0. The average Bonchev–Trinajstić information content (AvgIpc) is 3.41. The van der Waals surface area contributed by atoms with Crippen LogP contribution in [0.3, 0.4) is 0 Å². The van der Waals surface area contributed by atoms with Crippen LogP contribution in [0, 0.1) is 0 Å². The number of nitrogens with one attached hydrogen (secondary N) is 1. The number of hydrogen-bond donors (Lipinski definition) is 1. The van der Waals surface area contributed by atoms with E-state index in [2.05, 4.69) is 84.2 Å². The largest absolute Gasteiger partial charge is 0.449 e. The van der Waals surface area contributed by atoms with Crippen LogP contribution in [0.2, 0.25) is 0 Å². The molecular formula is C28H25NO2. The van der Waals surface area contributed by atoms with Gasteiger partial charge >= 0.3 is 6.09 Å². The number of hydrogen-bond acceptors (Lipinski definition) is 2. The zero-order valence-electron chi connectivity index (χ0n) is 17.4. The third-order valence-corrected chi connectivity index (χ3v) is 6.09. The molecule has 0 fully saturated rings. The van der Waals surface area contributed by atoms with Gasteiger partial charge in [0.1, 0.15) is 6.61 Å². The van der Waals surface area contributed by atoms with Crippen LogP contribution in [-0.2, 0) is 11.2 Å². The molecule has 3 nitrogen and oxygen atoms in total. The Bertz CT molecular complexity index is 1130. The fourth-order valence-corrected chi connectivity index (χ4v) is 4.59. The van der Waals surface area contributed by atoms with Crippen LogP contribution in [0.1, 0.15) is 40.2 Å². The first-order valence-electron chi connectivity index (χ1n) is 10.8. The Kier molecular flexibility index (Phi) is 5.40. The Morgan fingerprint density at radius 1 is 0.968 bits per heavy atom. The van der Waals surface area contributed by atoms with E-state index in [1.54, 1.807) is 0 Å². The molecule has 0 radical (unpaired) electrons. The molecule has 0 spiro atoms. The quantitative estimate of drug-likeness (QED) is 0.494. The fraction of sp³-hybridized carbons (Fsp3) is 0.179. The van der Waals surface area contributed by atoms with Gasteiger partial charge in [-0.15, -0.1) is 0 Å². The molecule has 0 aliphatic heterocycles. The zero-order chi connectivity index (χ0) is 21.0. The molecule has 0 saturated carbocycles. The molecule has 2 aliphatic rings. The topological polar surface area (TPSA) is 38.3 Å². The molecule has 5 rings (SSSR count). The van der Waals surface area contributed by atoms with Crippen molar-refractivity contribution in [1.29, 1.82) is 0 Å². The highest BCUT2D eigenvalue weighted by molar-refractivity contribution is 5.79. The lowest BCUT2D eigenvalue weighted by Crippen LogP contribution is -2.26. The Labute approximate surface area is 183 Å². The van der Waals surface area contributed by atoms with Crippen LogP contribution in [0.4, 0.5) is 4.79 Å². The Hall–Kier alpha value is -3.59. The molecule has 2 aliphatic carbocycles. The van der Waals surface area contributed by atoms with Crippen LogP contribution in [-0.4, -0.2) is 19.2 Å². The standard InChI is InChI=1S/C28H25NO2/c30-28(29-18-6-5-9-20-10-7-11-21-12-8-17-22(20)21)31-19-27-25-15-3-1-13-23(25)24-14-2-4-16-26(24)27/h1-5,7-16,27H,6,17-19H2,(H,29,30). The normalized spacial score (nSPS) is 13.8. The summed E-state index contributed by atoms with van der Waals surface area (Å²) in [5.41, 5.74) is 8.86.